The predicted octanol–water partition coefficient (Wildman–Crippen LogP) is 3.72. The predicted molar refractivity (Wildman–Crippen MR) is 90.7 cm³/mol. The first-order valence-corrected chi connectivity index (χ1v) is 7.86. The minimum Gasteiger partial charge on any atom is -0.452 e. The van der Waals surface area contributed by atoms with Crippen LogP contribution < -0.4 is 4.90 Å². The molecule has 134 valence electrons. The summed E-state index contributed by atoms with van der Waals surface area (Å²) >= 11 is 5.77. The van der Waals surface area contributed by atoms with Crippen molar-refractivity contribution in [3.05, 3.63) is 64.7 Å². The van der Waals surface area contributed by atoms with Crippen molar-refractivity contribution in [3.8, 4) is 6.07 Å². The van der Waals surface area contributed by atoms with E-state index >= 15 is 0 Å². The van der Waals surface area contributed by atoms with E-state index in [4.69, 9.17) is 21.6 Å². The summed E-state index contributed by atoms with van der Waals surface area (Å²) < 4.78 is 31.6. The number of nitriles is 1. The Morgan fingerprint density at radius 1 is 1.15 bits per heavy atom. The Balaban J connectivity index is 2.10. The fourth-order valence-electron chi connectivity index (χ4n) is 2.15. The molecule has 0 saturated carbocycles. The highest BCUT2D eigenvalue weighted by molar-refractivity contribution is 6.33. The summed E-state index contributed by atoms with van der Waals surface area (Å²) in [6.45, 7) is -0.661. The van der Waals surface area contributed by atoms with Gasteiger partial charge in [0.2, 0.25) is 0 Å². The summed E-state index contributed by atoms with van der Waals surface area (Å²) in [5.74, 6) is -3.08. The summed E-state index contributed by atoms with van der Waals surface area (Å²) in [5, 5.41) is 8.59. The Hall–Kier alpha value is -2.98. The van der Waals surface area contributed by atoms with Gasteiger partial charge in [-0.3, -0.25) is 4.79 Å². The lowest BCUT2D eigenvalue weighted by Crippen LogP contribution is -2.35. The number of carbonyl (C=O) groups is 2. The van der Waals surface area contributed by atoms with Crippen molar-refractivity contribution >= 4 is 29.2 Å². The molecule has 0 saturated heterocycles. The minimum atomic E-state index is -1.08. The fourth-order valence-corrected chi connectivity index (χ4v) is 2.39. The molecular weight excluding hydrogens is 366 g/mol. The smallest absolute Gasteiger partial charge is 0.343 e. The van der Waals surface area contributed by atoms with Crippen LogP contribution in [0.4, 0.5) is 14.5 Å². The van der Waals surface area contributed by atoms with Crippen LogP contribution in [0.15, 0.2) is 42.5 Å². The second kappa shape index (κ2) is 8.92. The number of hydrogen-bond donors (Lipinski definition) is 0. The Labute approximate surface area is 153 Å². The van der Waals surface area contributed by atoms with Crippen LogP contribution in [0.2, 0.25) is 5.02 Å². The molecule has 0 aromatic heterocycles. The molecule has 0 unspecified atom stereocenters. The Morgan fingerprint density at radius 3 is 2.46 bits per heavy atom. The first-order chi connectivity index (χ1) is 12.4. The zero-order valence-corrected chi connectivity index (χ0v) is 14.2. The standard InChI is InChI=1S/C18H13ClF2N2O3/c19-14-3-1-4-15(21)17(14)18(25)26-11-16(24)23(10-2-9-22)13-7-5-12(20)6-8-13/h1,3-8H,2,10-11H2. The van der Waals surface area contributed by atoms with Crippen LogP contribution in [-0.4, -0.2) is 25.0 Å². The normalized spacial score (nSPS) is 10.1. The fraction of sp³-hybridized carbons (Fsp3) is 0.167. The third-order valence-electron chi connectivity index (χ3n) is 3.38. The van der Waals surface area contributed by atoms with Gasteiger partial charge in [-0.05, 0) is 36.4 Å². The zero-order valence-electron chi connectivity index (χ0n) is 13.4. The topological polar surface area (TPSA) is 70.4 Å². The molecule has 0 spiro atoms. The number of esters is 1. The summed E-state index contributed by atoms with van der Waals surface area (Å²) in [6.07, 6.45) is 0.0240. The van der Waals surface area contributed by atoms with Crippen LogP contribution in [0.5, 0.6) is 0 Å². The highest BCUT2D eigenvalue weighted by Crippen LogP contribution is 2.20. The number of nitrogens with zero attached hydrogens (tertiary/aromatic N) is 2. The van der Waals surface area contributed by atoms with Gasteiger partial charge in [-0.25, -0.2) is 13.6 Å². The number of hydrogen-bond acceptors (Lipinski definition) is 4. The third kappa shape index (κ3) is 4.77. The van der Waals surface area contributed by atoms with Gasteiger partial charge in [-0.1, -0.05) is 17.7 Å². The van der Waals surface area contributed by atoms with Gasteiger partial charge in [0.05, 0.1) is 17.5 Å². The molecule has 0 radical (unpaired) electrons. The molecule has 8 heteroatoms. The summed E-state index contributed by atoms with van der Waals surface area (Å²) in [7, 11) is 0. The lowest BCUT2D eigenvalue weighted by atomic mass is 10.2. The summed E-state index contributed by atoms with van der Waals surface area (Å²) in [5.41, 5.74) is -0.126. The molecule has 0 atom stereocenters. The highest BCUT2D eigenvalue weighted by Gasteiger charge is 2.21. The van der Waals surface area contributed by atoms with E-state index in [0.29, 0.717) is 5.69 Å². The van der Waals surface area contributed by atoms with E-state index in [0.717, 1.165) is 18.2 Å². The average Bonchev–Trinajstić information content (AvgIpc) is 2.61. The van der Waals surface area contributed by atoms with Crippen molar-refractivity contribution in [2.75, 3.05) is 18.1 Å². The van der Waals surface area contributed by atoms with Gasteiger partial charge in [0, 0.05) is 12.2 Å². The van der Waals surface area contributed by atoms with E-state index in [2.05, 4.69) is 0 Å². The molecule has 0 aliphatic carbocycles. The molecule has 2 aromatic rings. The van der Waals surface area contributed by atoms with Gasteiger partial charge < -0.3 is 9.64 Å². The van der Waals surface area contributed by atoms with E-state index in [1.165, 1.54) is 29.2 Å². The van der Waals surface area contributed by atoms with Crippen molar-refractivity contribution in [1.29, 1.82) is 5.26 Å². The quantitative estimate of drug-likeness (QED) is 0.718. The molecule has 0 aliphatic heterocycles. The van der Waals surface area contributed by atoms with Crippen molar-refractivity contribution in [2.45, 2.75) is 6.42 Å². The number of amides is 1. The Morgan fingerprint density at radius 2 is 1.85 bits per heavy atom. The van der Waals surface area contributed by atoms with Crippen molar-refractivity contribution in [3.63, 3.8) is 0 Å². The molecular formula is C18H13ClF2N2O3. The highest BCUT2D eigenvalue weighted by atomic mass is 35.5. The minimum absolute atomic E-state index is 0.0240. The van der Waals surface area contributed by atoms with Gasteiger partial charge in [-0.15, -0.1) is 0 Å². The zero-order chi connectivity index (χ0) is 19.1. The number of ether oxygens (including phenoxy) is 1. The second-order valence-electron chi connectivity index (χ2n) is 5.10. The molecule has 5 nitrogen and oxygen atoms in total. The molecule has 0 N–H and O–H groups in total. The number of halogens is 3. The summed E-state index contributed by atoms with van der Waals surface area (Å²) in [4.78, 5) is 25.5. The lowest BCUT2D eigenvalue weighted by molar-refractivity contribution is -0.121. The summed E-state index contributed by atoms with van der Waals surface area (Å²) in [6, 6.07) is 10.6. The SMILES string of the molecule is N#CCCN(C(=O)COC(=O)c1c(F)cccc1Cl)c1ccc(F)cc1. The van der Waals surface area contributed by atoms with Gasteiger partial charge >= 0.3 is 5.97 Å². The van der Waals surface area contributed by atoms with Crippen molar-refractivity contribution in [2.24, 2.45) is 0 Å². The molecule has 0 heterocycles. The van der Waals surface area contributed by atoms with Crippen LogP contribution in [0.25, 0.3) is 0 Å². The van der Waals surface area contributed by atoms with Gasteiger partial charge in [0.25, 0.3) is 5.91 Å². The first kappa shape index (κ1) is 19.3. The maximum Gasteiger partial charge on any atom is 0.343 e. The molecule has 0 fully saturated rings. The third-order valence-corrected chi connectivity index (χ3v) is 3.70. The van der Waals surface area contributed by atoms with Gasteiger partial charge in [0.1, 0.15) is 17.2 Å². The Kier molecular flexibility index (Phi) is 6.64. The molecule has 0 aliphatic rings. The van der Waals surface area contributed by atoms with E-state index < -0.39 is 35.7 Å². The van der Waals surface area contributed by atoms with E-state index in [1.54, 1.807) is 0 Å². The first-order valence-electron chi connectivity index (χ1n) is 7.48. The Bertz CT molecular complexity index is 830. The lowest BCUT2D eigenvalue weighted by Gasteiger charge is -2.21. The van der Waals surface area contributed by atoms with Crippen molar-refractivity contribution < 1.29 is 23.1 Å². The molecule has 2 rings (SSSR count). The average molecular weight is 379 g/mol. The number of carbonyl (C=O) groups excluding carboxylic acids is 2. The molecule has 26 heavy (non-hydrogen) atoms. The van der Waals surface area contributed by atoms with Crippen LogP contribution in [0, 0.1) is 23.0 Å². The van der Waals surface area contributed by atoms with Crippen LogP contribution in [0.1, 0.15) is 16.8 Å². The van der Waals surface area contributed by atoms with Gasteiger partial charge in [0.15, 0.2) is 6.61 Å². The molecule has 0 bridgehead atoms. The second-order valence-corrected chi connectivity index (χ2v) is 5.51. The van der Waals surface area contributed by atoms with E-state index in [-0.39, 0.29) is 18.0 Å². The molecule has 1 amide bonds. The van der Waals surface area contributed by atoms with Crippen molar-refractivity contribution in [1.82, 2.24) is 0 Å². The largest absolute Gasteiger partial charge is 0.452 e. The number of rotatable bonds is 6. The van der Waals surface area contributed by atoms with Crippen LogP contribution in [0.3, 0.4) is 0 Å². The van der Waals surface area contributed by atoms with Gasteiger partial charge in [-0.2, -0.15) is 5.26 Å². The number of benzene rings is 2. The van der Waals surface area contributed by atoms with E-state index in [9.17, 15) is 18.4 Å². The van der Waals surface area contributed by atoms with Crippen LogP contribution in [-0.2, 0) is 9.53 Å². The number of anilines is 1. The monoisotopic (exact) mass is 378 g/mol. The van der Waals surface area contributed by atoms with E-state index in [1.807, 2.05) is 6.07 Å². The molecule has 2 aromatic carbocycles. The maximum absolute atomic E-state index is 13.7. The maximum atomic E-state index is 13.7. The van der Waals surface area contributed by atoms with Crippen LogP contribution >= 0.6 is 11.6 Å².